The van der Waals surface area contributed by atoms with Gasteiger partial charge >= 0.3 is 11.9 Å². The summed E-state index contributed by atoms with van der Waals surface area (Å²) in [5.74, 6) is -2.89. The van der Waals surface area contributed by atoms with Crippen LogP contribution in [0, 0.1) is 0 Å². The van der Waals surface area contributed by atoms with Gasteiger partial charge in [-0.05, 0) is 47.7 Å². The summed E-state index contributed by atoms with van der Waals surface area (Å²) >= 11 is 1.06. The van der Waals surface area contributed by atoms with E-state index in [1.807, 2.05) is 0 Å². The van der Waals surface area contributed by atoms with Crippen LogP contribution < -0.4 is 5.32 Å². The lowest BCUT2D eigenvalue weighted by Gasteiger charge is -2.02. The SMILES string of the molecule is O=C1NC(=Nc2cc(C(=O)O)cc(C(=O)O)c2)S/C1=C\c1cccnc1. The van der Waals surface area contributed by atoms with E-state index < -0.39 is 11.9 Å². The second-order valence-electron chi connectivity index (χ2n) is 5.15. The Balaban J connectivity index is 1.92. The van der Waals surface area contributed by atoms with Gasteiger partial charge in [0.15, 0.2) is 5.17 Å². The fourth-order valence-electron chi connectivity index (χ4n) is 2.13. The Hall–Kier alpha value is -3.46. The molecule has 26 heavy (non-hydrogen) atoms. The predicted molar refractivity (Wildman–Crippen MR) is 95.4 cm³/mol. The minimum absolute atomic E-state index is 0.118. The highest BCUT2D eigenvalue weighted by Crippen LogP contribution is 2.28. The van der Waals surface area contributed by atoms with Crippen LogP contribution in [0.4, 0.5) is 5.69 Å². The number of aromatic carboxylic acids is 2. The van der Waals surface area contributed by atoms with Gasteiger partial charge in [0.05, 0.1) is 21.7 Å². The van der Waals surface area contributed by atoms with Crippen molar-refractivity contribution in [2.75, 3.05) is 0 Å². The molecule has 1 aliphatic rings. The largest absolute Gasteiger partial charge is 0.478 e. The zero-order chi connectivity index (χ0) is 18.7. The number of carboxylic acid groups (broad SMARTS) is 2. The third-order valence-electron chi connectivity index (χ3n) is 3.28. The summed E-state index contributed by atoms with van der Waals surface area (Å²) in [6.07, 6.45) is 4.86. The van der Waals surface area contributed by atoms with Gasteiger partial charge in [-0.2, -0.15) is 0 Å². The van der Waals surface area contributed by atoms with E-state index in [4.69, 9.17) is 10.2 Å². The third kappa shape index (κ3) is 3.95. The van der Waals surface area contributed by atoms with E-state index >= 15 is 0 Å². The number of rotatable bonds is 4. The average Bonchev–Trinajstić information content (AvgIpc) is 2.94. The molecule has 0 atom stereocenters. The number of carboxylic acids is 2. The van der Waals surface area contributed by atoms with Crippen molar-refractivity contribution in [1.29, 1.82) is 0 Å². The molecule has 0 aliphatic carbocycles. The Bertz CT molecular complexity index is 937. The van der Waals surface area contributed by atoms with E-state index in [1.54, 1.807) is 30.6 Å². The molecule has 2 heterocycles. The number of amidine groups is 1. The highest BCUT2D eigenvalue weighted by Gasteiger charge is 2.24. The molecule has 8 nitrogen and oxygen atoms in total. The van der Waals surface area contributed by atoms with E-state index in [-0.39, 0.29) is 27.9 Å². The molecule has 1 fully saturated rings. The molecule has 9 heteroatoms. The molecule has 1 aromatic carbocycles. The Morgan fingerprint density at radius 3 is 2.42 bits per heavy atom. The summed E-state index contributed by atoms with van der Waals surface area (Å²) < 4.78 is 0. The van der Waals surface area contributed by atoms with Crippen molar-refractivity contribution in [2.45, 2.75) is 0 Å². The first-order chi connectivity index (χ1) is 12.4. The first-order valence-electron chi connectivity index (χ1n) is 7.23. The van der Waals surface area contributed by atoms with Crippen molar-refractivity contribution in [3.05, 3.63) is 64.3 Å². The molecule has 0 radical (unpaired) electrons. The van der Waals surface area contributed by atoms with Gasteiger partial charge in [0.1, 0.15) is 0 Å². The Kier molecular flexibility index (Phi) is 4.81. The monoisotopic (exact) mass is 369 g/mol. The number of carbonyl (C=O) groups is 3. The number of thioether (sulfide) groups is 1. The molecular weight excluding hydrogens is 358 g/mol. The highest BCUT2D eigenvalue weighted by atomic mass is 32.2. The predicted octanol–water partition coefficient (Wildman–Crippen LogP) is 2.37. The fourth-order valence-corrected chi connectivity index (χ4v) is 2.97. The molecule has 2 aromatic rings. The summed E-state index contributed by atoms with van der Waals surface area (Å²) in [6.45, 7) is 0. The molecular formula is C17H11N3O5S. The summed E-state index contributed by atoms with van der Waals surface area (Å²) in [5, 5.41) is 21.0. The van der Waals surface area contributed by atoms with Crippen molar-refractivity contribution < 1.29 is 24.6 Å². The van der Waals surface area contributed by atoms with Gasteiger partial charge in [0.25, 0.3) is 5.91 Å². The maximum absolute atomic E-state index is 12.0. The number of hydrogen-bond donors (Lipinski definition) is 3. The summed E-state index contributed by atoms with van der Waals surface area (Å²) in [7, 11) is 0. The van der Waals surface area contributed by atoms with Crippen molar-refractivity contribution >= 4 is 46.5 Å². The van der Waals surface area contributed by atoms with Crippen molar-refractivity contribution in [3.63, 3.8) is 0 Å². The van der Waals surface area contributed by atoms with Crippen LogP contribution in [0.3, 0.4) is 0 Å². The lowest BCUT2D eigenvalue weighted by molar-refractivity contribution is -0.115. The molecule has 3 N–H and O–H groups in total. The topological polar surface area (TPSA) is 129 Å². The number of aliphatic imine (C=N–C) groups is 1. The summed E-state index contributed by atoms with van der Waals surface area (Å²) in [4.78, 5) is 42.8. The first-order valence-corrected chi connectivity index (χ1v) is 8.05. The van der Waals surface area contributed by atoms with Gasteiger partial charge in [-0.1, -0.05) is 6.07 Å². The normalized spacial score (nSPS) is 16.7. The van der Waals surface area contributed by atoms with E-state index in [0.29, 0.717) is 4.91 Å². The number of carbonyl (C=O) groups excluding carboxylic acids is 1. The number of aromatic nitrogens is 1. The van der Waals surface area contributed by atoms with Crippen LogP contribution in [0.15, 0.2) is 52.6 Å². The number of benzene rings is 1. The maximum atomic E-state index is 12.0. The van der Waals surface area contributed by atoms with E-state index in [1.165, 1.54) is 12.1 Å². The molecule has 0 bridgehead atoms. The van der Waals surface area contributed by atoms with E-state index in [2.05, 4.69) is 15.3 Å². The van der Waals surface area contributed by atoms with Crippen LogP contribution in [-0.2, 0) is 4.79 Å². The second kappa shape index (κ2) is 7.19. The first kappa shape index (κ1) is 17.4. The molecule has 3 rings (SSSR count). The fraction of sp³-hybridized carbons (Fsp3) is 0. The number of amides is 1. The molecule has 0 spiro atoms. The molecule has 1 saturated heterocycles. The Morgan fingerprint density at radius 2 is 1.85 bits per heavy atom. The number of nitrogens with zero attached hydrogens (tertiary/aromatic N) is 2. The Labute approximate surface area is 151 Å². The quantitative estimate of drug-likeness (QED) is 0.706. The molecule has 1 aromatic heterocycles. The highest BCUT2D eigenvalue weighted by molar-refractivity contribution is 8.18. The molecule has 1 amide bonds. The summed E-state index contributed by atoms with van der Waals surface area (Å²) in [6, 6.07) is 7.04. The van der Waals surface area contributed by atoms with Gasteiger partial charge in [-0.15, -0.1) is 0 Å². The van der Waals surface area contributed by atoms with E-state index in [9.17, 15) is 14.4 Å². The number of pyridine rings is 1. The van der Waals surface area contributed by atoms with Crippen LogP contribution in [0.5, 0.6) is 0 Å². The standard InChI is InChI=1S/C17H11N3O5S/c21-14-13(4-9-2-1-3-18-8-9)26-17(20-14)19-12-6-10(15(22)23)5-11(7-12)16(24)25/h1-8H,(H,22,23)(H,24,25)(H,19,20,21)/b13-4-. The van der Waals surface area contributed by atoms with Crippen LogP contribution in [0.2, 0.25) is 0 Å². The number of hydrogen-bond acceptors (Lipinski definition) is 6. The summed E-state index contributed by atoms with van der Waals surface area (Å²) in [5.41, 5.74) is 0.453. The van der Waals surface area contributed by atoms with Gasteiger partial charge in [0.2, 0.25) is 0 Å². The third-order valence-corrected chi connectivity index (χ3v) is 4.19. The lowest BCUT2D eigenvalue weighted by atomic mass is 10.1. The van der Waals surface area contributed by atoms with Crippen molar-refractivity contribution in [2.24, 2.45) is 4.99 Å². The minimum Gasteiger partial charge on any atom is -0.478 e. The molecule has 1 aliphatic heterocycles. The average molecular weight is 369 g/mol. The smallest absolute Gasteiger partial charge is 0.335 e. The zero-order valence-corrected chi connectivity index (χ0v) is 13.9. The second-order valence-corrected chi connectivity index (χ2v) is 6.18. The maximum Gasteiger partial charge on any atom is 0.335 e. The molecule has 0 saturated carbocycles. The van der Waals surface area contributed by atoms with Gasteiger partial charge in [-0.3, -0.25) is 9.78 Å². The number of nitrogens with one attached hydrogen (secondary N) is 1. The molecule has 130 valence electrons. The minimum atomic E-state index is -1.27. The van der Waals surface area contributed by atoms with Crippen LogP contribution in [0.1, 0.15) is 26.3 Å². The zero-order valence-electron chi connectivity index (χ0n) is 13.0. The van der Waals surface area contributed by atoms with Crippen LogP contribution >= 0.6 is 11.8 Å². The van der Waals surface area contributed by atoms with Crippen LogP contribution in [-0.4, -0.2) is 38.2 Å². The van der Waals surface area contributed by atoms with Crippen LogP contribution in [0.25, 0.3) is 6.08 Å². The van der Waals surface area contributed by atoms with Gasteiger partial charge in [0, 0.05) is 12.4 Å². The van der Waals surface area contributed by atoms with Gasteiger partial charge < -0.3 is 15.5 Å². The van der Waals surface area contributed by atoms with Crippen molar-refractivity contribution in [1.82, 2.24) is 10.3 Å². The lowest BCUT2D eigenvalue weighted by Crippen LogP contribution is -2.19. The Morgan fingerprint density at radius 1 is 1.15 bits per heavy atom. The van der Waals surface area contributed by atoms with Crippen molar-refractivity contribution in [3.8, 4) is 0 Å². The van der Waals surface area contributed by atoms with Gasteiger partial charge in [-0.25, -0.2) is 14.6 Å². The molecule has 0 unspecified atom stereocenters. The van der Waals surface area contributed by atoms with E-state index in [0.717, 1.165) is 23.4 Å².